The van der Waals surface area contributed by atoms with Crippen molar-refractivity contribution >= 4 is 34.9 Å². The number of nitrogens with one attached hydrogen (secondary N) is 1. The number of ether oxygens (including phenoxy) is 1. The van der Waals surface area contributed by atoms with Crippen molar-refractivity contribution in [2.24, 2.45) is 11.7 Å². The minimum atomic E-state index is -1.50. The van der Waals surface area contributed by atoms with Crippen LogP contribution in [0.4, 0.5) is 0 Å². The summed E-state index contributed by atoms with van der Waals surface area (Å²) in [5.41, 5.74) is 8.45. The largest absolute Gasteiger partial charge is 0.494 e. The molecule has 2 amide bonds. The lowest BCUT2D eigenvalue weighted by Gasteiger charge is -2.20. The van der Waals surface area contributed by atoms with Crippen molar-refractivity contribution in [3.63, 3.8) is 0 Å². The van der Waals surface area contributed by atoms with Crippen LogP contribution < -0.4 is 15.8 Å². The van der Waals surface area contributed by atoms with E-state index in [0.717, 1.165) is 39.3 Å². The molecule has 2 aromatic carbocycles. The van der Waals surface area contributed by atoms with Crippen LogP contribution in [0.3, 0.4) is 0 Å². The first kappa shape index (κ1) is 38.9. The molecule has 0 saturated carbocycles. The van der Waals surface area contributed by atoms with Gasteiger partial charge in [0.2, 0.25) is 11.8 Å². The van der Waals surface area contributed by atoms with E-state index in [2.05, 4.69) is 43.0 Å². The highest BCUT2D eigenvalue weighted by atomic mass is 32.1. The number of nitrogens with zero attached hydrogens (tertiary/aromatic N) is 2. The van der Waals surface area contributed by atoms with Gasteiger partial charge in [-0.05, 0) is 53.6 Å². The highest BCUT2D eigenvalue weighted by molar-refractivity contribution is 7.14. The Morgan fingerprint density at radius 3 is 2.08 bits per heavy atom. The number of thiophene rings is 1. The molecule has 2 atom stereocenters. The van der Waals surface area contributed by atoms with Gasteiger partial charge in [0, 0.05) is 40.7 Å². The number of rotatable bonds is 19. The molecule has 51 heavy (non-hydrogen) atoms. The fourth-order valence-corrected chi connectivity index (χ4v) is 6.52. The van der Waals surface area contributed by atoms with Crippen molar-refractivity contribution in [2.45, 2.75) is 90.5 Å². The Morgan fingerprint density at radius 2 is 1.49 bits per heavy atom. The molecule has 0 bridgehead atoms. The summed E-state index contributed by atoms with van der Waals surface area (Å²) >= 11 is 1.38. The van der Waals surface area contributed by atoms with Gasteiger partial charge in [0.25, 0.3) is 0 Å². The van der Waals surface area contributed by atoms with Gasteiger partial charge in [-0.3, -0.25) is 14.4 Å². The van der Waals surface area contributed by atoms with Gasteiger partial charge in [-0.2, -0.15) is 0 Å². The second-order valence-corrected chi connectivity index (χ2v) is 14.9. The van der Waals surface area contributed by atoms with Gasteiger partial charge >= 0.3 is 5.97 Å². The highest BCUT2D eigenvalue weighted by Crippen LogP contribution is 2.31. The van der Waals surface area contributed by atoms with Crippen LogP contribution in [0.1, 0.15) is 92.8 Å². The van der Waals surface area contributed by atoms with Crippen LogP contribution in [-0.2, 0) is 26.2 Å². The molecule has 10 nitrogen and oxygen atoms in total. The molecule has 0 radical (unpaired) electrons. The van der Waals surface area contributed by atoms with Crippen molar-refractivity contribution in [3.8, 4) is 28.3 Å². The average molecular weight is 713 g/mol. The minimum Gasteiger partial charge on any atom is -0.494 e. The number of hydrogen-bond donors (Lipinski definition) is 3. The second-order valence-electron chi connectivity index (χ2n) is 13.8. The number of hydrogen-bond acceptors (Lipinski definition) is 8. The maximum Gasteiger partial charge on any atom is 0.326 e. The summed E-state index contributed by atoms with van der Waals surface area (Å²) in [5, 5.41) is 12.0. The molecule has 2 aromatic heterocycles. The first-order chi connectivity index (χ1) is 24.3. The highest BCUT2D eigenvalue weighted by Gasteiger charge is 2.29. The summed E-state index contributed by atoms with van der Waals surface area (Å²) in [4.78, 5) is 60.7. The van der Waals surface area contributed by atoms with Crippen LogP contribution in [0.5, 0.6) is 5.75 Å². The van der Waals surface area contributed by atoms with Crippen molar-refractivity contribution < 1.29 is 29.0 Å². The van der Waals surface area contributed by atoms with E-state index >= 15 is 0 Å². The molecule has 0 aliphatic rings. The predicted molar refractivity (Wildman–Crippen MR) is 200 cm³/mol. The lowest BCUT2D eigenvalue weighted by Crippen LogP contribution is -2.46. The molecule has 0 aliphatic heterocycles. The molecule has 4 aromatic rings. The monoisotopic (exact) mass is 712 g/mol. The zero-order chi connectivity index (χ0) is 37.0. The van der Waals surface area contributed by atoms with E-state index in [0.29, 0.717) is 17.3 Å². The number of carbonyl (C=O) groups is 4. The zero-order valence-corrected chi connectivity index (χ0v) is 30.6. The normalized spacial score (nSPS) is 12.5. The van der Waals surface area contributed by atoms with Crippen LogP contribution >= 0.6 is 11.3 Å². The number of ketones is 1. The summed E-state index contributed by atoms with van der Waals surface area (Å²) < 4.78 is 5.88. The minimum absolute atomic E-state index is 0.136. The van der Waals surface area contributed by atoms with E-state index < -0.39 is 36.2 Å². The Morgan fingerprint density at radius 1 is 0.843 bits per heavy atom. The summed E-state index contributed by atoms with van der Waals surface area (Å²) in [6.07, 6.45) is 8.96. The SMILES string of the molecule is CCCCCCCOc1ccc(-c2cnc(-c3ccc(C[C@H](CC(=O)c4ccc(C(C)(C)C)s4)C(=O)N[C@@H](CC(N)=O)C(=O)O)cc3)nc2)cc1. The number of nitrogens with two attached hydrogens (primary N) is 1. The lowest BCUT2D eigenvalue weighted by molar-refractivity contribution is -0.143. The Bertz CT molecular complexity index is 1760. The maximum atomic E-state index is 13.4. The zero-order valence-electron chi connectivity index (χ0n) is 29.8. The molecule has 270 valence electrons. The molecule has 0 fully saturated rings. The lowest BCUT2D eigenvalue weighted by atomic mass is 9.92. The van der Waals surface area contributed by atoms with Gasteiger partial charge in [0.05, 0.1) is 17.9 Å². The molecule has 0 aliphatic carbocycles. The van der Waals surface area contributed by atoms with E-state index in [-0.39, 0.29) is 24.0 Å². The third-order valence-electron chi connectivity index (χ3n) is 8.49. The fourth-order valence-electron chi connectivity index (χ4n) is 5.50. The van der Waals surface area contributed by atoms with Crippen molar-refractivity contribution in [1.29, 1.82) is 0 Å². The number of benzene rings is 2. The molecular weight excluding hydrogens is 665 g/mol. The van der Waals surface area contributed by atoms with Crippen LogP contribution in [0.15, 0.2) is 73.1 Å². The summed E-state index contributed by atoms with van der Waals surface area (Å²) in [6.45, 7) is 9.09. The van der Waals surface area contributed by atoms with Crippen LogP contribution in [0.25, 0.3) is 22.5 Å². The van der Waals surface area contributed by atoms with Crippen LogP contribution in [-0.4, -0.2) is 51.3 Å². The molecule has 2 heterocycles. The summed E-state index contributed by atoms with van der Waals surface area (Å²) in [6, 6.07) is 17.4. The molecule has 0 saturated heterocycles. The van der Waals surface area contributed by atoms with Gasteiger partial charge in [-0.15, -0.1) is 11.3 Å². The number of carbonyl (C=O) groups excluding carboxylic acids is 3. The molecule has 4 rings (SSSR count). The number of primary amides is 1. The van der Waals surface area contributed by atoms with Crippen LogP contribution in [0.2, 0.25) is 0 Å². The third kappa shape index (κ3) is 11.8. The average Bonchev–Trinajstić information content (AvgIpc) is 3.62. The summed E-state index contributed by atoms with van der Waals surface area (Å²) in [5.74, 6) is -2.63. The van der Waals surface area contributed by atoms with E-state index in [1.165, 1.54) is 37.0 Å². The Hall–Kier alpha value is -4.90. The molecular formula is C40H48N4O6S. The number of carboxylic acids is 1. The molecule has 0 unspecified atom stereocenters. The van der Waals surface area contributed by atoms with E-state index in [4.69, 9.17) is 10.5 Å². The first-order valence-electron chi connectivity index (χ1n) is 17.4. The van der Waals surface area contributed by atoms with Gasteiger partial charge < -0.3 is 20.9 Å². The van der Waals surface area contributed by atoms with E-state index in [1.807, 2.05) is 54.6 Å². The predicted octanol–water partition coefficient (Wildman–Crippen LogP) is 7.40. The standard InChI is InChI=1S/C40H48N4O6S/c1-5-6-7-8-9-20-50-31-16-14-27(15-17-31)30-24-42-37(43-25-30)28-12-10-26(11-13-28)21-29(38(47)44-32(39(48)49)23-36(41)46)22-33(45)34-18-19-35(51-34)40(2,3)4/h10-19,24-25,29,32H,5-9,20-23H2,1-4H3,(H2,41,46)(H,44,47)(H,48,49)/t29-,32+/m1/s1. The van der Waals surface area contributed by atoms with Crippen molar-refractivity contribution in [1.82, 2.24) is 15.3 Å². The fraction of sp³-hybridized carbons (Fsp3) is 0.400. The molecule has 11 heteroatoms. The topological polar surface area (TPSA) is 162 Å². The van der Waals surface area contributed by atoms with E-state index in [9.17, 15) is 24.3 Å². The maximum absolute atomic E-state index is 13.4. The Labute approximate surface area is 303 Å². The van der Waals surface area contributed by atoms with Gasteiger partial charge in [0.1, 0.15) is 11.8 Å². The van der Waals surface area contributed by atoms with Gasteiger partial charge in [-0.1, -0.05) is 89.8 Å². The number of amides is 2. The number of aliphatic carboxylic acids is 1. The number of Topliss-reactive ketones (excluding diaryl/α,β-unsaturated/α-hetero) is 1. The van der Waals surface area contributed by atoms with Crippen molar-refractivity contribution in [2.75, 3.05) is 6.61 Å². The second kappa shape index (κ2) is 18.4. The molecule has 4 N–H and O–H groups in total. The first-order valence-corrected chi connectivity index (χ1v) is 18.2. The quantitative estimate of drug-likeness (QED) is 0.0670. The van der Waals surface area contributed by atoms with Gasteiger partial charge in [0.15, 0.2) is 11.6 Å². The van der Waals surface area contributed by atoms with Crippen LogP contribution in [0, 0.1) is 5.92 Å². The Kier molecular flexibility index (Phi) is 14.0. The Balaban J connectivity index is 1.43. The number of unbranched alkanes of at least 4 members (excludes halogenated alkanes) is 4. The summed E-state index contributed by atoms with van der Waals surface area (Å²) in [7, 11) is 0. The molecule has 0 spiro atoms. The third-order valence-corrected chi connectivity index (χ3v) is 10.0. The number of carboxylic acid groups (broad SMARTS) is 1. The van der Waals surface area contributed by atoms with Gasteiger partial charge in [-0.25, -0.2) is 14.8 Å². The smallest absolute Gasteiger partial charge is 0.326 e. The van der Waals surface area contributed by atoms with Crippen molar-refractivity contribution in [3.05, 3.63) is 88.4 Å². The number of aromatic nitrogens is 2. The van der Waals surface area contributed by atoms with E-state index in [1.54, 1.807) is 18.5 Å².